The quantitative estimate of drug-likeness (QED) is 0.684. The lowest BCUT2D eigenvalue weighted by Gasteiger charge is -2.10. The fraction of sp³-hybridized carbons (Fsp3) is 0.538. The number of hydrogen-bond donors (Lipinski definition) is 2. The first-order valence-corrected chi connectivity index (χ1v) is 6.25. The molecule has 0 aliphatic heterocycles. The van der Waals surface area contributed by atoms with Gasteiger partial charge in [0.1, 0.15) is 5.75 Å². The van der Waals surface area contributed by atoms with Gasteiger partial charge in [-0.25, -0.2) is 0 Å². The zero-order valence-corrected chi connectivity index (χ0v) is 10.9. The maximum atomic E-state index is 12.1. The van der Waals surface area contributed by atoms with Gasteiger partial charge >= 0.3 is 6.36 Å². The first-order valence-electron chi connectivity index (χ1n) is 6.25. The SMILES string of the molecule is OCCOCCCNCc1cccc(OC(F)(F)F)c1. The summed E-state index contributed by atoms with van der Waals surface area (Å²) in [7, 11) is 0. The van der Waals surface area contributed by atoms with E-state index in [0.717, 1.165) is 6.42 Å². The fourth-order valence-electron chi connectivity index (χ4n) is 1.55. The first-order chi connectivity index (χ1) is 9.51. The van der Waals surface area contributed by atoms with E-state index in [0.29, 0.717) is 31.9 Å². The molecule has 1 rings (SSSR count). The second-order valence-electron chi connectivity index (χ2n) is 4.06. The second kappa shape index (κ2) is 8.78. The molecule has 114 valence electrons. The molecular formula is C13H18F3NO3. The van der Waals surface area contributed by atoms with E-state index >= 15 is 0 Å². The standard InChI is InChI=1S/C13H18F3NO3/c14-13(15,16)20-12-4-1-3-11(9-12)10-17-5-2-7-19-8-6-18/h1,3-4,9,17-18H,2,5-8,10H2. The molecule has 0 spiro atoms. The summed E-state index contributed by atoms with van der Waals surface area (Å²) in [5.41, 5.74) is 0.711. The highest BCUT2D eigenvalue weighted by molar-refractivity contribution is 5.28. The lowest BCUT2D eigenvalue weighted by molar-refractivity contribution is -0.274. The van der Waals surface area contributed by atoms with Crippen LogP contribution in [0, 0.1) is 0 Å². The second-order valence-corrected chi connectivity index (χ2v) is 4.06. The van der Waals surface area contributed by atoms with Gasteiger partial charge in [0.2, 0.25) is 0 Å². The van der Waals surface area contributed by atoms with Crippen molar-refractivity contribution >= 4 is 0 Å². The van der Waals surface area contributed by atoms with E-state index < -0.39 is 6.36 Å². The number of ether oxygens (including phenoxy) is 2. The number of benzene rings is 1. The molecule has 0 unspecified atom stereocenters. The summed E-state index contributed by atoms with van der Waals surface area (Å²) in [6.45, 7) is 1.98. The van der Waals surface area contributed by atoms with Gasteiger partial charge in [0.25, 0.3) is 0 Å². The Hall–Kier alpha value is -1.31. The lowest BCUT2D eigenvalue weighted by atomic mass is 10.2. The maximum Gasteiger partial charge on any atom is 0.573 e. The Labute approximate surface area is 115 Å². The average molecular weight is 293 g/mol. The highest BCUT2D eigenvalue weighted by Crippen LogP contribution is 2.23. The maximum absolute atomic E-state index is 12.1. The summed E-state index contributed by atoms with van der Waals surface area (Å²) in [6, 6.07) is 5.85. The Morgan fingerprint density at radius 2 is 2.00 bits per heavy atom. The van der Waals surface area contributed by atoms with Crippen LogP contribution in [0.5, 0.6) is 5.75 Å². The van der Waals surface area contributed by atoms with Gasteiger partial charge in [-0.1, -0.05) is 12.1 Å². The predicted octanol–water partition coefficient (Wildman–Crippen LogP) is 2.07. The molecule has 0 amide bonds. The molecule has 0 aromatic heterocycles. The van der Waals surface area contributed by atoms with Crippen LogP contribution in [0.4, 0.5) is 13.2 Å². The molecule has 0 radical (unpaired) electrons. The smallest absolute Gasteiger partial charge is 0.406 e. The molecule has 1 aromatic carbocycles. The molecule has 0 bridgehead atoms. The van der Waals surface area contributed by atoms with Gasteiger partial charge in [-0.3, -0.25) is 0 Å². The Morgan fingerprint density at radius 3 is 2.70 bits per heavy atom. The minimum atomic E-state index is -4.67. The highest BCUT2D eigenvalue weighted by Gasteiger charge is 2.31. The summed E-state index contributed by atoms with van der Waals surface area (Å²) in [5.74, 6) is -0.219. The van der Waals surface area contributed by atoms with Crippen molar-refractivity contribution in [3.8, 4) is 5.75 Å². The third-order valence-electron chi connectivity index (χ3n) is 2.34. The van der Waals surface area contributed by atoms with E-state index in [1.54, 1.807) is 6.07 Å². The van der Waals surface area contributed by atoms with Crippen LogP contribution in [0.2, 0.25) is 0 Å². The summed E-state index contributed by atoms with van der Waals surface area (Å²) >= 11 is 0. The molecule has 1 aromatic rings. The van der Waals surface area contributed by atoms with E-state index in [4.69, 9.17) is 9.84 Å². The first kappa shape index (κ1) is 16.7. The summed E-state index contributed by atoms with van der Waals surface area (Å²) in [5, 5.41) is 11.6. The van der Waals surface area contributed by atoms with Crippen LogP contribution >= 0.6 is 0 Å². The number of nitrogens with one attached hydrogen (secondary N) is 1. The van der Waals surface area contributed by atoms with E-state index in [1.165, 1.54) is 18.2 Å². The van der Waals surface area contributed by atoms with Crippen LogP contribution in [0.1, 0.15) is 12.0 Å². The number of halogens is 3. The third kappa shape index (κ3) is 7.98. The van der Waals surface area contributed by atoms with Crippen LogP contribution in [-0.2, 0) is 11.3 Å². The Balaban J connectivity index is 2.25. The van der Waals surface area contributed by atoms with E-state index in [1.807, 2.05) is 0 Å². The van der Waals surface area contributed by atoms with Crippen molar-refractivity contribution in [2.45, 2.75) is 19.3 Å². The number of hydrogen-bond acceptors (Lipinski definition) is 4. The van der Waals surface area contributed by atoms with Crippen LogP contribution in [0.15, 0.2) is 24.3 Å². The number of aliphatic hydroxyl groups excluding tert-OH is 1. The van der Waals surface area contributed by atoms with Gasteiger partial charge < -0.3 is 19.9 Å². The van der Waals surface area contributed by atoms with Crippen LogP contribution in [0.25, 0.3) is 0 Å². The minimum Gasteiger partial charge on any atom is -0.406 e. The molecule has 4 nitrogen and oxygen atoms in total. The van der Waals surface area contributed by atoms with Gasteiger partial charge in [0.05, 0.1) is 13.2 Å². The molecule has 0 aliphatic carbocycles. The molecule has 2 N–H and O–H groups in total. The minimum absolute atomic E-state index is 0.000569. The van der Waals surface area contributed by atoms with Gasteiger partial charge in [-0.15, -0.1) is 13.2 Å². The zero-order valence-electron chi connectivity index (χ0n) is 10.9. The van der Waals surface area contributed by atoms with Crippen molar-refractivity contribution in [3.63, 3.8) is 0 Å². The van der Waals surface area contributed by atoms with E-state index in [-0.39, 0.29) is 12.4 Å². The van der Waals surface area contributed by atoms with E-state index in [2.05, 4.69) is 10.1 Å². The Morgan fingerprint density at radius 1 is 1.20 bits per heavy atom. The van der Waals surface area contributed by atoms with Crippen LogP contribution in [-0.4, -0.2) is 37.8 Å². The van der Waals surface area contributed by atoms with Crippen molar-refractivity contribution in [2.24, 2.45) is 0 Å². The largest absolute Gasteiger partial charge is 0.573 e. The van der Waals surface area contributed by atoms with Gasteiger partial charge in [-0.2, -0.15) is 0 Å². The lowest BCUT2D eigenvalue weighted by Crippen LogP contribution is -2.18. The van der Waals surface area contributed by atoms with Crippen molar-refractivity contribution in [1.82, 2.24) is 5.32 Å². The number of alkyl halides is 3. The van der Waals surface area contributed by atoms with Crippen LogP contribution in [0.3, 0.4) is 0 Å². The monoisotopic (exact) mass is 293 g/mol. The molecule has 7 heteroatoms. The molecule has 20 heavy (non-hydrogen) atoms. The normalized spacial score (nSPS) is 11.6. The highest BCUT2D eigenvalue weighted by atomic mass is 19.4. The van der Waals surface area contributed by atoms with Crippen molar-refractivity contribution in [3.05, 3.63) is 29.8 Å². The van der Waals surface area contributed by atoms with E-state index in [9.17, 15) is 13.2 Å². The molecule has 0 fully saturated rings. The predicted molar refractivity (Wildman–Crippen MR) is 67.4 cm³/mol. The topological polar surface area (TPSA) is 50.7 Å². The molecular weight excluding hydrogens is 275 g/mol. The Kier molecular flexibility index (Phi) is 7.35. The van der Waals surface area contributed by atoms with Crippen LogP contribution < -0.4 is 10.1 Å². The fourth-order valence-corrected chi connectivity index (χ4v) is 1.55. The molecule has 0 saturated heterocycles. The molecule has 0 saturated carbocycles. The van der Waals surface area contributed by atoms with Gasteiger partial charge in [0.15, 0.2) is 0 Å². The summed E-state index contributed by atoms with van der Waals surface area (Å²) in [6.07, 6.45) is -3.91. The molecule has 0 aliphatic rings. The van der Waals surface area contributed by atoms with Crippen molar-refractivity contribution in [2.75, 3.05) is 26.4 Å². The molecule has 0 atom stereocenters. The zero-order chi connectivity index (χ0) is 14.8. The average Bonchev–Trinajstić information content (AvgIpc) is 2.36. The third-order valence-corrected chi connectivity index (χ3v) is 2.34. The number of rotatable bonds is 9. The molecule has 0 heterocycles. The van der Waals surface area contributed by atoms with Crippen molar-refractivity contribution < 1.29 is 27.8 Å². The summed E-state index contributed by atoms with van der Waals surface area (Å²) < 4.78 is 45.1. The van der Waals surface area contributed by atoms with Gasteiger partial charge in [-0.05, 0) is 30.7 Å². The van der Waals surface area contributed by atoms with Crippen molar-refractivity contribution in [1.29, 1.82) is 0 Å². The Bertz CT molecular complexity index is 385. The number of aliphatic hydroxyl groups is 1. The summed E-state index contributed by atoms with van der Waals surface area (Å²) in [4.78, 5) is 0. The van der Waals surface area contributed by atoms with Gasteiger partial charge in [0, 0.05) is 13.2 Å².